The number of nitrogens with one attached hydrogen (secondary N) is 1. The molecule has 2 heterocycles. The van der Waals surface area contributed by atoms with Crippen molar-refractivity contribution in [2.45, 2.75) is 19.0 Å². The molecular weight excluding hydrogens is 325 g/mol. The maximum absolute atomic E-state index is 12.8. The van der Waals surface area contributed by atoms with E-state index in [9.17, 15) is 18.0 Å². The summed E-state index contributed by atoms with van der Waals surface area (Å²) in [5.41, 5.74) is 1.06. The molecule has 3 rings (SSSR count). The van der Waals surface area contributed by atoms with Gasteiger partial charge in [0.15, 0.2) is 0 Å². The molecular formula is C15H15F3N4O2. The van der Waals surface area contributed by atoms with E-state index in [0.717, 1.165) is 0 Å². The van der Waals surface area contributed by atoms with E-state index in [0.29, 0.717) is 30.1 Å². The van der Waals surface area contributed by atoms with Crippen LogP contribution in [0.4, 0.5) is 23.7 Å². The van der Waals surface area contributed by atoms with Crippen LogP contribution >= 0.6 is 0 Å². The molecule has 6 nitrogen and oxygen atoms in total. The predicted molar refractivity (Wildman–Crippen MR) is 79.1 cm³/mol. The molecule has 1 atom stereocenters. The average molecular weight is 340 g/mol. The molecule has 2 amide bonds. The van der Waals surface area contributed by atoms with Gasteiger partial charge in [-0.15, -0.1) is 10.2 Å². The van der Waals surface area contributed by atoms with Gasteiger partial charge in [0.1, 0.15) is 0 Å². The Hall–Kier alpha value is -2.58. The topological polar surface area (TPSA) is 71.3 Å². The van der Waals surface area contributed by atoms with E-state index in [1.54, 1.807) is 24.3 Å². The Kier molecular flexibility index (Phi) is 4.41. The highest BCUT2D eigenvalue weighted by atomic mass is 19.4. The highest BCUT2D eigenvalue weighted by molar-refractivity contribution is 5.90. The van der Waals surface area contributed by atoms with E-state index >= 15 is 0 Å². The summed E-state index contributed by atoms with van der Waals surface area (Å²) in [5.74, 6) is -1.18. The quantitative estimate of drug-likeness (QED) is 0.908. The molecule has 0 aliphatic carbocycles. The minimum Gasteiger partial charge on any atom is -0.423 e. The molecule has 128 valence electrons. The number of urea groups is 1. The zero-order valence-corrected chi connectivity index (χ0v) is 12.6. The van der Waals surface area contributed by atoms with Crippen LogP contribution in [0.25, 0.3) is 11.5 Å². The molecule has 1 aromatic carbocycles. The number of carbonyl (C=O) groups excluding carboxylic acids is 1. The number of benzene rings is 1. The monoisotopic (exact) mass is 340 g/mol. The second kappa shape index (κ2) is 6.50. The lowest BCUT2D eigenvalue weighted by Gasteiger charge is -2.33. The largest absolute Gasteiger partial charge is 0.423 e. The first-order chi connectivity index (χ1) is 11.4. The van der Waals surface area contributed by atoms with Crippen LogP contribution in [0.5, 0.6) is 0 Å². The summed E-state index contributed by atoms with van der Waals surface area (Å²) >= 11 is 0. The number of hydrogen-bond acceptors (Lipinski definition) is 4. The molecule has 1 saturated heterocycles. The van der Waals surface area contributed by atoms with E-state index in [2.05, 4.69) is 15.5 Å². The van der Waals surface area contributed by atoms with Crippen LogP contribution in [0, 0.1) is 5.92 Å². The minimum atomic E-state index is -4.28. The summed E-state index contributed by atoms with van der Waals surface area (Å²) in [4.78, 5) is 13.4. The van der Waals surface area contributed by atoms with Crippen LogP contribution in [-0.2, 0) is 0 Å². The first-order valence-electron chi connectivity index (χ1n) is 7.43. The molecule has 0 spiro atoms. The number of alkyl halides is 3. The van der Waals surface area contributed by atoms with Gasteiger partial charge in [0, 0.05) is 24.3 Å². The molecule has 0 saturated carbocycles. The molecule has 1 aliphatic rings. The predicted octanol–water partition coefficient (Wildman–Crippen LogP) is 3.54. The summed E-state index contributed by atoms with van der Waals surface area (Å²) in [5, 5.41) is 9.96. The van der Waals surface area contributed by atoms with Crippen molar-refractivity contribution in [3.05, 3.63) is 30.7 Å². The van der Waals surface area contributed by atoms with Gasteiger partial charge in [0.05, 0.1) is 5.92 Å². The summed E-state index contributed by atoms with van der Waals surface area (Å²) in [7, 11) is 0. The van der Waals surface area contributed by atoms with Crippen LogP contribution in [-0.4, -0.2) is 40.4 Å². The lowest BCUT2D eigenvalue weighted by molar-refractivity contribution is -0.183. The smallest absolute Gasteiger partial charge is 0.393 e. The van der Waals surface area contributed by atoms with Gasteiger partial charge < -0.3 is 14.6 Å². The van der Waals surface area contributed by atoms with Gasteiger partial charge in [-0.05, 0) is 31.0 Å². The van der Waals surface area contributed by atoms with Crippen molar-refractivity contribution in [1.29, 1.82) is 0 Å². The highest BCUT2D eigenvalue weighted by Crippen LogP contribution is 2.33. The maximum atomic E-state index is 12.8. The fraction of sp³-hybridized carbons (Fsp3) is 0.400. The van der Waals surface area contributed by atoms with Gasteiger partial charge in [-0.2, -0.15) is 13.2 Å². The van der Waals surface area contributed by atoms with Crippen LogP contribution in [0.3, 0.4) is 0 Å². The third-order valence-electron chi connectivity index (χ3n) is 3.89. The number of piperidine rings is 1. The zero-order valence-electron chi connectivity index (χ0n) is 12.6. The lowest BCUT2D eigenvalue weighted by atomic mass is 9.98. The standard InChI is InChI=1S/C15H15F3N4O2/c16-15(17,18)11-4-2-6-22(8-11)14(23)20-12-5-1-3-10(7-12)13-21-19-9-24-13/h1,3,5,7,9,11H,2,4,6,8H2,(H,20,23)/t11-/m0/s1. The summed E-state index contributed by atoms with van der Waals surface area (Å²) in [6.45, 7) is -0.0134. The van der Waals surface area contributed by atoms with E-state index < -0.39 is 18.1 Å². The summed E-state index contributed by atoms with van der Waals surface area (Å²) < 4.78 is 43.6. The Labute approximate surface area is 135 Å². The number of hydrogen-bond donors (Lipinski definition) is 1. The third-order valence-corrected chi connectivity index (χ3v) is 3.89. The SMILES string of the molecule is O=C(Nc1cccc(-c2nnco2)c1)N1CCC[C@H](C(F)(F)F)C1. The van der Waals surface area contributed by atoms with Crippen molar-refractivity contribution in [3.63, 3.8) is 0 Å². The van der Waals surface area contributed by atoms with Gasteiger partial charge in [-0.3, -0.25) is 0 Å². The van der Waals surface area contributed by atoms with Crippen molar-refractivity contribution in [2.24, 2.45) is 5.92 Å². The molecule has 1 N–H and O–H groups in total. The van der Waals surface area contributed by atoms with E-state index in [1.165, 1.54) is 11.3 Å². The highest BCUT2D eigenvalue weighted by Gasteiger charge is 2.42. The first-order valence-corrected chi connectivity index (χ1v) is 7.43. The Morgan fingerprint density at radius 1 is 1.38 bits per heavy atom. The molecule has 2 aromatic rings. The second-order valence-corrected chi connectivity index (χ2v) is 5.58. The second-order valence-electron chi connectivity index (χ2n) is 5.58. The van der Waals surface area contributed by atoms with Gasteiger partial charge in [0.2, 0.25) is 12.3 Å². The Bertz CT molecular complexity index is 703. The van der Waals surface area contributed by atoms with Crippen LogP contribution < -0.4 is 5.32 Å². The van der Waals surface area contributed by atoms with Gasteiger partial charge in [0.25, 0.3) is 0 Å². The first kappa shape index (κ1) is 16.3. The van der Waals surface area contributed by atoms with Gasteiger partial charge in [-0.1, -0.05) is 6.07 Å². The minimum absolute atomic E-state index is 0.0555. The molecule has 0 unspecified atom stereocenters. The molecule has 1 fully saturated rings. The summed E-state index contributed by atoms with van der Waals surface area (Å²) in [6.07, 6.45) is -2.71. The number of aromatic nitrogens is 2. The molecule has 9 heteroatoms. The number of likely N-dealkylation sites (tertiary alicyclic amines) is 1. The van der Waals surface area contributed by atoms with Crippen LogP contribution in [0.2, 0.25) is 0 Å². The van der Waals surface area contributed by atoms with Crippen LogP contribution in [0.1, 0.15) is 12.8 Å². The molecule has 1 aliphatic heterocycles. The fourth-order valence-corrected chi connectivity index (χ4v) is 2.66. The van der Waals surface area contributed by atoms with Crippen molar-refractivity contribution in [2.75, 3.05) is 18.4 Å². The van der Waals surface area contributed by atoms with Crippen molar-refractivity contribution >= 4 is 11.7 Å². The Balaban J connectivity index is 1.68. The number of nitrogens with zero attached hydrogens (tertiary/aromatic N) is 3. The molecule has 24 heavy (non-hydrogen) atoms. The number of halogens is 3. The van der Waals surface area contributed by atoms with E-state index in [-0.39, 0.29) is 13.0 Å². The maximum Gasteiger partial charge on any atom is 0.393 e. The number of anilines is 1. The molecule has 0 bridgehead atoms. The van der Waals surface area contributed by atoms with Crippen molar-refractivity contribution in [3.8, 4) is 11.5 Å². The zero-order chi connectivity index (χ0) is 17.2. The number of carbonyl (C=O) groups is 1. The normalized spacial score (nSPS) is 18.5. The van der Waals surface area contributed by atoms with Crippen LogP contribution in [0.15, 0.2) is 35.1 Å². The summed E-state index contributed by atoms with van der Waals surface area (Å²) in [6, 6.07) is 6.12. The van der Waals surface area contributed by atoms with E-state index in [4.69, 9.17) is 4.42 Å². The fourth-order valence-electron chi connectivity index (χ4n) is 2.66. The molecule has 0 radical (unpaired) electrons. The van der Waals surface area contributed by atoms with Crippen molar-refractivity contribution < 1.29 is 22.4 Å². The van der Waals surface area contributed by atoms with Gasteiger partial charge in [-0.25, -0.2) is 4.79 Å². The van der Waals surface area contributed by atoms with E-state index in [1.807, 2.05) is 0 Å². The number of amides is 2. The number of rotatable bonds is 2. The Morgan fingerprint density at radius 2 is 2.21 bits per heavy atom. The lowest BCUT2D eigenvalue weighted by Crippen LogP contribution is -2.46. The molecule has 1 aromatic heterocycles. The van der Waals surface area contributed by atoms with Gasteiger partial charge >= 0.3 is 12.2 Å². The third kappa shape index (κ3) is 3.66. The average Bonchev–Trinajstić information content (AvgIpc) is 3.09. The van der Waals surface area contributed by atoms with Crippen molar-refractivity contribution in [1.82, 2.24) is 15.1 Å². The Morgan fingerprint density at radius 3 is 2.92 bits per heavy atom.